The Balaban J connectivity index is 1.40. The van der Waals surface area contributed by atoms with Crippen LogP contribution in [0.5, 0.6) is 0 Å². The summed E-state index contributed by atoms with van der Waals surface area (Å²) in [5.74, 6) is -1.30. The smallest absolute Gasteiger partial charge is 0.230 e. The molecule has 1 amide bonds. The van der Waals surface area contributed by atoms with Crippen molar-refractivity contribution < 1.29 is 13.6 Å². The highest BCUT2D eigenvalue weighted by Gasteiger charge is 2.11. The SMILES string of the molecule is CC(C)n1ncc2cc(CC(=O)Nc3cnn(Cc4ccc(F)cc4F)n3)ccc21. The van der Waals surface area contributed by atoms with E-state index < -0.39 is 11.6 Å². The topological polar surface area (TPSA) is 77.6 Å². The van der Waals surface area contributed by atoms with Crippen LogP contribution in [0.25, 0.3) is 10.9 Å². The van der Waals surface area contributed by atoms with Gasteiger partial charge in [0.05, 0.1) is 30.9 Å². The van der Waals surface area contributed by atoms with Crippen molar-refractivity contribution in [3.63, 3.8) is 0 Å². The molecule has 4 rings (SSSR count). The lowest BCUT2D eigenvalue weighted by Gasteiger charge is -2.07. The van der Waals surface area contributed by atoms with E-state index in [1.165, 1.54) is 23.1 Å². The van der Waals surface area contributed by atoms with E-state index in [9.17, 15) is 13.6 Å². The van der Waals surface area contributed by atoms with Gasteiger partial charge in [-0.2, -0.15) is 15.0 Å². The van der Waals surface area contributed by atoms with Gasteiger partial charge in [0.15, 0.2) is 5.82 Å². The maximum absolute atomic E-state index is 13.8. The summed E-state index contributed by atoms with van der Waals surface area (Å²) in [6.07, 6.45) is 3.34. The summed E-state index contributed by atoms with van der Waals surface area (Å²) in [5, 5.41) is 16.2. The van der Waals surface area contributed by atoms with Gasteiger partial charge in [0.25, 0.3) is 0 Å². The van der Waals surface area contributed by atoms with Crippen LogP contribution < -0.4 is 5.32 Å². The molecule has 1 N–H and O–H groups in total. The zero-order valence-corrected chi connectivity index (χ0v) is 16.5. The summed E-state index contributed by atoms with van der Waals surface area (Å²) in [7, 11) is 0. The van der Waals surface area contributed by atoms with E-state index in [0.717, 1.165) is 22.5 Å². The van der Waals surface area contributed by atoms with Crippen LogP contribution >= 0.6 is 0 Å². The fourth-order valence-electron chi connectivity index (χ4n) is 3.23. The minimum absolute atomic E-state index is 0.0263. The third kappa shape index (κ3) is 4.19. The summed E-state index contributed by atoms with van der Waals surface area (Å²) in [6.45, 7) is 4.15. The molecule has 30 heavy (non-hydrogen) atoms. The molecule has 0 bridgehead atoms. The van der Waals surface area contributed by atoms with Gasteiger partial charge in [0.2, 0.25) is 5.91 Å². The summed E-state index contributed by atoms with van der Waals surface area (Å²) < 4.78 is 28.7. The number of fused-ring (bicyclic) bond motifs is 1. The standard InChI is InChI=1S/C21H20F2N6O/c1-13(2)29-19-6-3-14(7-16(19)10-25-29)8-21(30)26-20-11-24-28(27-20)12-15-4-5-17(22)9-18(15)23/h3-7,9-11,13H,8,12H2,1-2H3,(H,26,27,30). The van der Waals surface area contributed by atoms with E-state index >= 15 is 0 Å². The molecule has 154 valence electrons. The van der Waals surface area contributed by atoms with Gasteiger partial charge < -0.3 is 5.32 Å². The predicted octanol–water partition coefficient (Wildman–Crippen LogP) is 3.72. The van der Waals surface area contributed by atoms with E-state index in [-0.39, 0.29) is 36.3 Å². The number of hydrogen-bond donors (Lipinski definition) is 1. The van der Waals surface area contributed by atoms with E-state index in [0.29, 0.717) is 0 Å². The van der Waals surface area contributed by atoms with Crippen LogP contribution in [-0.4, -0.2) is 30.7 Å². The predicted molar refractivity (Wildman–Crippen MR) is 108 cm³/mol. The van der Waals surface area contributed by atoms with Gasteiger partial charge in [-0.05, 0) is 37.6 Å². The second kappa shape index (κ2) is 8.02. The molecule has 0 aliphatic heterocycles. The highest BCUT2D eigenvalue weighted by Crippen LogP contribution is 2.19. The zero-order chi connectivity index (χ0) is 21.3. The number of hydrogen-bond acceptors (Lipinski definition) is 4. The monoisotopic (exact) mass is 410 g/mol. The average Bonchev–Trinajstić information content (AvgIpc) is 3.30. The third-order valence-electron chi connectivity index (χ3n) is 4.64. The molecule has 2 aromatic carbocycles. The van der Waals surface area contributed by atoms with Crippen LogP contribution in [0.4, 0.5) is 14.6 Å². The van der Waals surface area contributed by atoms with Crippen molar-refractivity contribution in [2.75, 3.05) is 5.32 Å². The van der Waals surface area contributed by atoms with Gasteiger partial charge in [0, 0.05) is 23.1 Å². The van der Waals surface area contributed by atoms with Gasteiger partial charge in [-0.1, -0.05) is 12.1 Å². The van der Waals surface area contributed by atoms with Crippen LogP contribution in [0.3, 0.4) is 0 Å². The van der Waals surface area contributed by atoms with E-state index in [1.54, 1.807) is 6.20 Å². The molecule has 0 atom stereocenters. The van der Waals surface area contributed by atoms with E-state index in [1.807, 2.05) is 22.9 Å². The van der Waals surface area contributed by atoms with Gasteiger partial charge >= 0.3 is 0 Å². The Bertz CT molecular complexity index is 1210. The van der Waals surface area contributed by atoms with Crippen LogP contribution in [0, 0.1) is 11.6 Å². The number of carbonyl (C=O) groups is 1. The Hall–Kier alpha value is -3.62. The fourth-order valence-corrected chi connectivity index (χ4v) is 3.23. The Morgan fingerprint density at radius 2 is 1.93 bits per heavy atom. The van der Waals surface area contributed by atoms with Crippen LogP contribution in [-0.2, 0) is 17.8 Å². The number of benzene rings is 2. The van der Waals surface area contributed by atoms with Crippen LogP contribution in [0.2, 0.25) is 0 Å². The number of carbonyl (C=O) groups excluding carboxylic acids is 1. The number of halogens is 2. The molecule has 0 aliphatic rings. The molecule has 9 heteroatoms. The minimum Gasteiger partial charge on any atom is -0.308 e. The average molecular weight is 410 g/mol. The molecule has 0 radical (unpaired) electrons. The molecule has 0 aliphatic carbocycles. The number of aromatic nitrogens is 5. The highest BCUT2D eigenvalue weighted by atomic mass is 19.1. The van der Waals surface area contributed by atoms with E-state index in [2.05, 4.69) is 34.5 Å². The zero-order valence-electron chi connectivity index (χ0n) is 16.5. The van der Waals surface area contributed by atoms with Gasteiger partial charge in [0.1, 0.15) is 11.6 Å². The van der Waals surface area contributed by atoms with Crippen molar-refractivity contribution in [3.05, 3.63) is 71.6 Å². The van der Waals surface area contributed by atoms with Crippen molar-refractivity contribution in [1.82, 2.24) is 24.8 Å². The Labute approximate surface area is 171 Å². The fraction of sp³-hybridized carbons (Fsp3) is 0.238. The lowest BCUT2D eigenvalue weighted by Crippen LogP contribution is -2.15. The van der Waals surface area contributed by atoms with Gasteiger partial charge in [-0.25, -0.2) is 8.78 Å². The first-order chi connectivity index (χ1) is 14.4. The first kappa shape index (κ1) is 19.7. The summed E-state index contributed by atoms with van der Waals surface area (Å²) in [6, 6.07) is 9.37. The Morgan fingerprint density at radius 3 is 2.70 bits per heavy atom. The molecule has 0 unspecified atom stereocenters. The molecule has 0 saturated heterocycles. The molecule has 0 spiro atoms. The normalized spacial score (nSPS) is 11.4. The second-order valence-corrected chi connectivity index (χ2v) is 7.30. The quantitative estimate of drug-likeness (QED) is 0.526. The molecule has 2 heterocycles. The largest absolute Gasteiger partial charge is 0.308 e. The number of rotatable bonds is 6. The number of nitrogens with zero attached hydrogens (tertiary/aromatic N) is 5. The van der Waals surface area contributed by atoms with Gasteiger partial charge in [-0.3, -0.25) is 9.48 Å². The maximum Gasteiger partial charge on any atom is 0.230 e. The minimum atomic E-state index is -0.672. The van der Waals surface area contributed by atoms with Gasteiger partial charge in [-0.15, -0.1) is 5.10 Å². The third-order valence-corrected chi connectivity index (χ3v) is 4.64. The molecule has 0 fully saturated rings. The first-order valence-corrected chi connectivity index (χ1v) is 9.49. The first-order valence-electron chi connectivity index (χ1n) is 9.49. The highest BCUT2D eigenvalue weighted by molar-refractivity contribution is 5.92. The van der Waals surface area contributed by atoms with Crippen molar-refractivity contribution >= 4 is 22.6 Å². The van der Waals surface area contributed by atoms with Crippen molar-refractivity contribution in [1.29, 1.82) is 0 Å². The summed E-state index contributed by atoms with van der Waals surface area (Å²) in [4.78, 5) is 13.6. The molecular weight excluding hydrogens is 390 g/mol. The summed E-state index contributed by atoms with van der Waals surface area (Å²) >= 11 is 0. The molecular formula is C21H20F2N6O. The molecule has 4 aromatic rings. The van der Waals surface area contributed by atoms with Crippen molar-refractivity contribution in [2.24, 2.45) is 0 Å². The lowest BCUT2D eigenvalue weighted by molar-refractivity contribution is -0.115. The molecule has 7 nitrogen and oxygen atoms in total. The van der Waals surface area contributed by atoms with Crippen molar-refractivity contribution in [3.8, 4) is 0 Å². The second-order valence-electron chi connectivity index (χ2n) is 7.30. The Morgan fingerprint density at radius 1 is 1.10 bits per heavy atom. The van der Waals surface area contributed by atoms with Crippen LogP contribution in [0.15, 0.2) is 48.8 Å². The molecule has 0 saturated carbocycles. The van der Waals surface area contributed by atoms with E-state index in [4.69, 9.17) is 0 Å². The molecule has 2 aromatic heterocycles. The van der Waals surface area contributed by atoms with Crippen molar-refractivity contribution in [2.45, 2.75) is 32.9 Å². The maximum atomic E-state index is 13.8. The lowest BCUT2D eigenvalue weighted by atomic mass is 10.1. The number of anilines is 1. The number of amides is 1. The number of nitrogens with one attached hydrogen (secondary N) is 1. The summed E-state index contributed by atoms with van der Waals surface area (Å²) in [5.41, 5.74) is 2.12. The Kier molecular flexibility index (Phi) is 5.26. The van der Waals surface area contributed by atoms with Crippen LogP contribution in [0.1, 0.15) is 31.0 Å².